The molecule has 2 rings (SSSR count). The average molecular weight is 287 g/mol. The molecule has 0 aromatic heterocycles. The molecule has 0 spiro atoms. The van der Waals surface area contributed by atoms with Crippen LogP contribution in [0.15, 0.2) is 30.3 Å². The first kappa shape index (κ1) is 15.3. The molecule has 20 heavy (non-hydrogen) atoms. The molecular weight excluding hydrogens is 267 g/mol. The summed E-state index contributed by atoms with van der Waals surface area (Å²) in [4.78, 5) is 1.43. The number of aliphatic hydroxyl groups is 1. The van der Waals surface area contributed by atoms with E-state index in [-0.39, 0.29) is 25.4 Å². The van der Waals surface area contributed by atoms with Crippen LogP contribution in [0.1, 0.15) is 25.8 Å². The Bertz CT molecular complexity index is 439. The Hall–Kier alpha value is -1.07. The van der Waals surface area contributed by atoms with Crippen LogP contribution in [0, 0.1) is 5.92 Å². The molecule has 0 amide bonds. The highest BCUT2D eigenvalue weighted by molar-refractivity contribution is 5.15. The summed E-state index contributed by atoms with van der Waals surface area (Å²) < 4.78 is 39.5. The molecular formula is C15H20F3NO. The van der Waals surface area contributed by atoms with E-state index in [1.807, 2.05) is 30.3 Å². The highest BCUT2D eigenvalue weighted by atomic mass is 19.4. The van der Waals surface area contributed by atoms with Crippen LogP contribution in [0.2, 0.25) is 0 Å². The van der Waals surface area contributed by atoms with Crippen molar-refractivity contribution in [3.63, 3.8) is 0 Å². The summed E-state index contributed by atoms with van der Waals surface area (Å²) in [6, 6.07) is 7.66. The minimum absolute atomic E-state index is 0.0418. The smallest absolute Gasteiger partial charge is 0.390 e. The second kappa shape index (κ2) is 5.37. The molecule has 0 bridgehead atoms. The molecule has 1 saturated heterocycles. The van der Waals surface area contributed by atoms with Gasteiger partial charge >= 0.3 is 6.18 Å². The zero-order valence-electron chi connectivity index (χ0n) is 11.7. The number of nitrogens with zero attached hydrogens (tertiary/aromatic N) is 1. The fourth-order valence-electron chi connectivity index (χ4n) is 2.75. The molecule has 2 atom stereocenters. The van der Waals surface area contributed by atoms with E-state index in [4.69, 9.17) is 0 Å². The van der Waals surface area contributed by atoms with Crippen LogP contribution < -0.4 is 0 Å². The summed E-state index contributed by atoms with van der Waals surface area (Å²) in [6.45, 7) is 3.69. The Morgan fingerprint density at radius 1 is 1.20 bits per heavy atom. The maximum Gasteiger partial charge on any atom is 0.404 e. The van der Waals surface area contributed by atoms with Gasteiger partial charge in [-0.1, -0.05) is 30.3 Å². The van der Waals surface area contributed by atoms with E-state index in [9.17, 15) is 18.3 Å². The van der Waals surface area contributed by atoms with Crippen LogP contribution in [0.5, 0.6) is 0 Å². The number of hydrogen-bond acceptors (Lipinski definition) is 2. The minimum Gasteiger partial charge on any atom is -0.390 e. The third-order valence-corrected chi connectivity index (χ3v) is 4.01. The van der Waals surface area contributed by atoms with Gasteiger partial charge in [0.2, 0.25) is 0 Å². The van der Waals surface area contributed by atoms with Crippen LogP contribution in [0.3, 0.4) is 0 Å². The van der Waals surface area contributed by atoms with Crippen LogP contribution in [0.4, 0.5) is 13.2 Å². The van der Waals surface area contributed by atoms with Crippen molar-refractivity contribution in [3.05, 3.63) is 35.9 Å². The van der Waals surface area contributed by atoms with Gasteiger partial charge in [0.15, 0.2) is 0 Å². The van der Waals surface area contributed by atoms with Crippen LogP contribution >= 0.6 is 0 Å². The Balaban J connectivity index is 2.16. The van der Waals surface area contributed by atoms with Crippen LogP contribution in [-0.2, 0) is 6.54 Å². The standard InChI is InChI=1S/C15H20F3NO/c1-14(2,20)12-8-13(15(16,17)18)19(10-12)9-11-6-4-3-5-7-11/h3-7,12-13,20H,8-10H2,1-2H3/t12-,13-/m1/s1. The van der Waals surface area contributed by atoms with Crippen molar-refractivity contribution in [2.75, 3.05) is 6.54 Å². The van der Waals surface area contributed by atoms with Gasteiger partial charge in [0.05, 0.1) is 5.60 Å². The Kier molecular flexibility index (Phi) is 4.12. The lowest BCUT2D eigenvalue weighted by Crippen LogP contribution is -2.40. The van der Waals surface area contributed by atoms with Crippen molar-refractivity contribution in [1.82, 2.24) is 4.90 Å². The maximum atomic E-state index is 13.2. The molecule has 1 heterocycles. The average Bonchev–Trinajstić information content (AvgIpc) is 2.74. The first-order chi connectivity index (χ1) is 9.18. The number of rotatable bonds is 3. The Labute approximate surface area is 117 Å². The van der Waals surface area contributed by atoms with Crippen molar-refractivity contribution in [2.45, 2.75) is 44.6 Å². The summed E-state index contributed by atoms with van der Waals surface area (Å²) in [5.41, 5.74) is -0.229. The highest BCUT2D eigenvalue weighted by Gasteiger charge is 2.51. The van der Waals surface area contributed by atoms with Gasteiger partial charge in [-0.25, -0.2) is 0 Å². The molecule has 0 unspecified atom stereocenters. The third-order valence-electron chi connectivity index (χ3n) is 4.01. The van der Waals surface area contributed by atoms with E-state index < -0.39 is 17.8 Å². The molecule has 1 aromatic carbocycles. The third kappa shape index (κ3) is 3.52. The predicted octanol–water partition coefficient (Wildman–Crippen LogP) is 3.21. The fraction of sp³-hybridized carbons (Fsp3) is 0.600. The molecule has 0 radical (unpaired) electrons. The zero-order chi connectivity index (χ0) is 15.0. The summed E-state index contributed by atoms with van der Waals surface area (Å²) in [5.74, 6) is -0.363. The summed E-state index contributed by atoms with van der Waals surface area (Å²) >= 11 is 0. The first-order valence-electron chi connectivity index (χ1n) is 6.75. The zero-order valence-corrected chi connectivity index (χ0v) is 11.7. The fourth-order valence-corrected chi connectivity index (χ4v) is 2.75. The summed E-state index contributed by atoms with van der Waals surface area (Å²) in [7, 11) is 0. The first-order valence-corrected chi connectivity index (χ1v) is 6.75. The molecule has 1 fully saturated rings. The van der Waals surface area contributed by atoms with Crippen molar-refractivity contribution >= 4 is 0 Å². The van der Waals surface area contributed by atoms with Gasteiger partial charge in [-0.15, -0.1) is 0 Å². The maximum absolute atomic E-state index is 13.2. The van der Waals surface area contributed by atoms with Gasteiger partial charge in [-0.3, -0.25) is 4.90 Å². The normalized spacial score (nSPS) is 25.1. The lowest BCUT2D eigenvalue weighted by Gasteiger charge is -2.26. The quantitative estimate of drug-likeness (QED) is 0.922. The molecule has 1 aromatic rings. The topological polar surface area (TPSA) is 23.5 Å². The molecule has 1 aliphatic rings. The van der Waals surface area contributed by atoms with E-state index in [0.717, 1.165) is 5.56 Å². The monoisotopic (exact) mass is 287 g/mol. The SMILES string of the molecule is CC(C)(O)[C@@H]1C[C@H](C(F)(F)F)N(Cc2ccccc2)C1. The number of halogens is 3. The lowest BCUT2D eigenvalue weighted by atomic mass is 9.89. The van der Waals surface area contributed by atoms with Gasteiger partial charge in [-0.2, -0.15) is 13.2 Å². The van der Waals surface area contributed by atoms with Crippen molar-refractivity contribution in [1.29, 1.82) is 0 Å². The van der Waals surface area contributed by atoms with Gasteiger partial charge in [-0.05, 0) is 25.8 Å². The number of likely N-dealkylation sites (tertiary alicyclic amines) is 1. The number of alkyl halides is 3. The molecule has 1 N–H and O–H groups in total. The molecule has 112 valence electrons. The summed E-state index contributed by atoms with van der Waals surface area (Å²) in [5, 5.41) is 9.99. The molecule has 5 heteroatoms. The van der Waals surface area contributed by atoms with Crippen LogP contribution in [0.25, 0.3) is 0 Å². The second-order valence-corrected chi connectivity index (χ2v) is 6.06. The Morgan fingerprint density at radius 3 is 2.30 bits per heavy atom. The van der Waals surface area contributed by atoms with Crippen molar-refractivity contribution in [3.8, 4) is 0 Å². The van der Waals surface area contributed by atoms with E-state index in [1.165, 1.54) is 4.90 Å². The Morgan fingerprint density at radius 2 is 1.80 bits per heavy atom. The summed E-state index contributed by atoms with van der Waals surface area (Å²) in [6.07, 6.45) is -4.30. The molecule has 1 aliphatic heterocycles. The number of benzene rings is 1. The van der Waals surface area contributed by atoms with E-state index in [2.05, 4.69) is 0 Å². The highest BCUT2D eigenvalue weighted by Crippen LogP contribution is 2.39. The van der Waals surface area contributed by atoms with Gasteiger partial charge in [0.1, 0.15) is 6.04 Å². The van der Waals surface area contributed by atoms with Gasteiger partial charge < -0.3 is 5.11 Å². The predicted molar refractivity (Wildman–Crippen MR) is 71.1 cm³/mol. The van der Waals surface area contributed by atoms with Crippen molar-refractivity contribution < 1.29 is 18.3 Å². The van der Waals surface area contributed by atoms with E-state index >= 15 is 0 Å². The molecule has 0 aliphatic carbocycles. The van der Waals surface area contributed by atoms with E-state index in [0.29, 0.717) is 0 Å². The van der Waals surface area contributed by atoms with E-state index in [1.54, 1.807) is 13.8 Å². The van der Waals surface area contributed by atoms with Gasteiger partial charge in [0, 0.05) is 19.0 Å². The molecule has 2 nitrogen and oxygen atoms in total. The van der Waals surface area contributed by atoms with Crippen molar-refractivity contribution in [2.24, 2.45) is 5.92 Å². The number of hydrogen-bond donors (Lipinski definition) is 1. The largest absolute Gasteiger partial charge is 0.404 e. The lowest BCUT2D eigenvalue weighted by molar-refractivity contribution is -0.177. The molecule has 0 saturated carbocycles. The van der Waals surface area contributed by atoms with Crippen LogP contribution in [-0.4, -0.2) is 34.4 Å². The minimum atomic E-state index is -4.26. The second-order valence-electron chi connectivity index (χ2n) is 6.06. The van der Waals surface area contributed by atoms with Gasteiger partial charge in [0.25, 0.3) is 0 Å².